The third-order valence-corrected chi connectivity index (χ3v) is 4.54. The molecule has 0 unspecified atom stereocenters. The minimum absolute atomic E-state index is 0.114. The molecule has 1 saturated heterocycles. The van der Waals surface area contributed by atoms with Crippen molar-refractivity contribution in [3.63, 3.8) is 0 Å². The third-order valence-electron chi connectivity index (χ3n) is 3.56. The molecule has 2 heterocycles. The van der Waals surface area contributed by atoms with Gasteiger partial charge >= 0.3 is 0 Å². The van der Waals surface area contributed by atoms with Crippen molar-refractivity contribution in [3.8, 4) is 0 Å². The fourth-order valence-corrected chi connectivity index (χ4v) is 3.48. The van der Waals surface area contributed by atoms with E-state index in [0.717, 1.165) is 27.6 Å². The van der Waals surface area contributed by atoms with Crippen molar-refractivity contribution in [2.75, 3.05) is 10.7 Å². The molecule has 2 aliphatic heterocycles. The van der Waals surface area contributed by atoms with Crippen molar-refractivity contribution in [3.05, 3.63) is 77.0 Å². The zero-order valence-electron chi connectivity index (χ0n) is 11.2. The second-order valence-corrected chi connectivity index (χ2v) is 5.84. The maximum atomic E-state index is 12.2. The standard InChI is InChI=1S/C17H12N2OS/c20-15-11-21-16-10-18-17(12-6-2-1-3-7-12)13-8-4-5-9-14(13)19(15)16/h1-10H,11H2. The molecule has 0 atom stereocenters. The van der Waals surface area contributed by atoms with E-state index in [9.17, 15) is 4.79 Å². The SMILES string of the molecule is O=C1CSC2=CN=C(c3ccccc3)c3ccccc3N12. The van der Waals surface area contributed by atoms with Gasteiger partial charge in [0.15, 0.2) is 0 Å². The number of benzene rings is 2. The molecule has 0 N–H and O–H groups in total. The third kappa shape index (κ3) is 1.99. The first-order valence-corrected chi connectivity index (χ1v) is 7.72. The van der Waals surface area contributed by atoms with Gasteiger partial charge in [-0.2, -0.15) is 0 Å². The Morgan fingerprint density at radius 2 is 1.76 bits per heavy atom. The van der Waals surface area contributed by atoms with E-state index in [1.807, 2.05) is 54.6 Å². The lowest BCUT2D eigenvalue weighted by molar-refractivity contribution is -0.115. The average Bonchev–Trinajstić information content (AvgIpc) is 2.81. The van der Waals surface area contributed by atoms with Crippen LogP contribution >= 0.6 is 11.8 Å². The van der Waals surface area contributed by atoms with E-state index in [2.05, 4.69) is 4.99 Å². The van der Waals surface area contributed by atoms with Crippen molar-refractivity contribution in [1.82, 2.24) is 0 Å². The minimum atomic E-state index is 0.114. The maximum absolute atomic E-state index is 12.2. The van der Waals surface area contributed by atoms with E-state index in [1.165, 1.54) is 11.8 Å². The molecule has 0 radical (unpaired) electrons. The Morgan fingerprint density at radius 1 is 1.00 bits per heavy atom. The quantitative estimate of drug-likeness (QED) is 0.807. The normalized spacial score (nSPS) is 16.8. The van der Waals surface area contributed by atoms with Crippen LogP contribution in [0.15, 0.2) is 70.8 Å². The van der Waals surface area contributed by atoms with Crippen LogP contribution in [-0.4, -0.2) is 17.4 Å². The number of anilines is 1. The summed E-state index contributed by atoms with van der Waals surface area (Å²) in [5.74, 6) is 0.597. The number of hydrogen-bond donors (Lipinski definition) is 0. The van der Waals surface area contributed by atoms with Gasteiger partial charge in [0.2, 0.25) is 5.91 Å². The summed E-state index contributed by atoms with van der Waals surface area (Å²) in [6, 6.07) is 18.0. The molecule has 0 aromatic heterocycles. The number of thioether (sulfide) groups is 1. The van der Waals surface area contributed by atoms with Gasteiger partial charge in [0.05, 0.1) is 23.4 Å². The highest BCUT2D eigenvalue weighted by Gasteiger charge is 2.32. The van der Waals surface area contributed by atoms with Gasteiger partial charge < -0.3 is 0 Å². The molecule has 3 nitrogen and oxygen atoms in total. The van der Waals surface area contributed by atoms with Crippen molar-refractivity contribution < 1.29 is 4.79 Å². The Hall–Kier alpha value is -2.33. The summed E-state index contributed by atoms with van der Waals surface area (Å²) in [5, 5.41) is 0.901. The van der Waals surface area contributed by atoms with Crippen molar-refractivity contribution in [1.29, 1.82) is 0 Å². The lowest BCUT2D eigenvalue weighted by Crippen LogP contribution is -2.24. The lowest BCUT2D eigenvalue weighted by Gasteiger charge is -2.18. The van der Waals surface area contributed by atoms with Gasteiger partial charge in [-0.05, 0) is 6.07 Å². The number of carbonyl (C=O) groups excluding carboxylic acids is 1. The van der Waals surface area contributed by atoms with E-state index in [0.29, 0.717) is 5.75 Å². The van der Waals surface area contributed by atoms with Crippen LogP contribution in [0.1, 0.15) is 11.1 Å². The molecule has 1 fully saturated rings. The van der Waals surface area contributed by atoms with Gasteiger partial charge in [-0.3, -0.25) is 14.7 Å². The molecule has 21 heavy (non-hydrogen) atoms. The highest BCUT2D eigenvalue weighted by molar-refractivity contribution is 8.04. The fraction of sp³-hybridized carbons (Fsp3) is 0.0588. The number of aliphatic imine (C=N–C) groups is 1. The van der Waals surface area contributed by atoms with Crippen LogP contribution in [0.5, 0.6) is 0 Å². The minimum Gasteiger partial charge on any atom is -0.273 e. The smallest absolute Gasteiger partial charge is 0.242 e. The number of para-hydroxylation sites is 1. The van der Waals surface area contributed by atoms with Gasteiger partial charge in [-0.15, -0.1) is 0 Å². The highest BCUT2D eigenvalue weighted by Crippen LogP contribution is 2.38. The molecule has 2 aromatic carbocycles. The molecule has 1 amide bonds. The number of fused-ring (bicyclic) bond motifs is 3. The van der Waals surface area contributed by atoms with E-state index >= 15 is 0 Å². The van der Waals surface area contributed by atoms with Gasteiger partial charge in [-0.1, -0.05) is 60.3 Å². The summed E-state index contributed by atoms with van der Waals surface area (Å²) < 4.78 is 0. The van der Waals surface area contributed by atoms with Gasteiger partial charge in [0.25, 0.3) is 0 Å². The highest BCUT2D eigenvalue weighted by atomic mass is 32.2. The Kier molecular flexibility index (Phi) is 2.89. The summed E-state index contributed by atoms with van der Waals surface area (Å²) in [6.07, 6.45) is 1.80. The summed E-state index contributed by atoms with van der Waals surface area (Å²) in [5.41, 5.74) is 3.87. The van der Waals surface area contributed by atoms with Gasteiger partial charge in [0, 0.05) is 11.1 Å². The number of carbonyl (C=O) groups is 1. The Morgan fingerprint density at radius 3 is 2.62 bits per heavy atom. The van der Waals surface area contributed by atoms with Crippen molar-refractivity contribution in [2.45, 2.75) is 0 Å². The molecule has 4 rings (SSSR count). The zero-order valence-corrected chi connectivity index (χ0v) is 12.0. The number of rotatable bonds is 1. The Bertz CT molecular complexity index is 780. The fourth-order valence-electron chi connectivity index (χ4n) is 2.62. The second-order valence-electron chi connectivity index (χ2n) is 4.85. The molecular formula is C17H12N2OS. The summed E-state index contributed by atoms with van der Waals surface area (Å²) in [6.45, 7) is 0. The van der Waals surface area contributed by atoms with Gasteiger partial charge in [0.1, 0.15) is 5.03 Å². The maximum Gasteiger partial charge on any atom is 0.242 e. The van der Waals surface area contributed by atoms with Crippen LogP contribution < -0.4 is 4.90 Å². The molecule has 0 saturated carbocycles. The van der Waals surface area contributed by atoms with E-state index in [1.54, 1.807) is 11.1 Å². The number of hydrogen-bond acceptors (Lipinski definition) is 3. The second kappa shape index (κ2) is 4.90. The number of nitrogens with zero attached hydrogens (tertiary/aromatic N) is 2. The molecule has 2 aromatic rings. The number of amides is 1. The van der Waals surface area contributed by atoms with Gasteiger partial charge in [-0.25, -0.2) is 0 Å². The van der Waals surface area contributed by atoms with Crippen LogP contribution in [0.4, 0.5) is 5.69 Å². The molecule has 102 valence electrons. The Labute approximate surface area is 127 Å². The monoisotopic (exact) mass is 292 g/mol. The molecule has 0 spiro atoms. The predicted molar refractivity (Wildman–Crippen MR) is 86.6 cm³/mol. The first kappa shape index (κ1) is 12.4. The molecule has 0 bridgehead atoms. The zero-order chi connectivity index (χ0) is 14.2. The average molecular weight is 292 g/mol. The first-order chi connectivity index (χ1) is 10.3. The summed E-state index contributed by atoms with van der Waals surface area (Å²) >= 11 is 1.54. The van der Waals surface area contributed by atoms with Crippen LogP contribution in [0, 0.1) is 0 Å². The topological polar surface area (TPSA) is 32.7 Å². The van der Waals surface area contributed by atoms with Crippen molar-refractivity contribution >= 4 is 29.1 Å². The van der Waals surface area contributed by atoms with E-state index < -0.39 is 0 Å². The van der Waals surface area contributed by atoms with Crippen molar-refractivity contribution in [2.24, 2.45) is 4.99 Å². The molecule has 2 aliphatic rings. The Balaban J connectivity index is 1.96. The predicted octanol–water partition coefficient (Wildman–Crippen LogP) is 3.42. The van der Waals surface area contributed by atoms with E-state index in [-0.39, 0.29) is 5.91 Å². The lowest BCUT2D eigenvalue weighted by atomic mass is 10.0. The molecule has 0 aliphatic carbocycles. The first-order valence-electron chi connectivity index (χ1n) is 6.73. The van der Waals surface area contributed by atoms with Crippen LogP contribution in [0.2, 0.25) is 0 Å². The van der Waals surface area contributed by atoms with Crippen LogP contribution in [0.3, 0.4) is 0 Å². The summed E-state index contributed by atoms with van der Waals surface area (Å²) in [4.78, 5) is 18.6. The van der Waals surface area contributed by atoms with E-state index in [4.69, 9.17) is 0 Å². The van der Waals surface area contributed by atoms with Crippen LogP contribution in [0.25, 0.3) is 0 Å². The molecule has 4 heteroatoms. The summed E-state index contributed by atoms with van der Waals surface area (Å²) in [7, 11) is 0. The van der Waals surface area contributed by atoms with Crippen LogP contribution in [-0.2, 0) is 4.79 Å². The molecular weight excluding hydrogens is 280 g/mol. The largest absolute Gasteiger partial charge is 0.273 e.